The van der Waals surface area contributed by atoms with Crippen LogP contribution >= 0.6 is 0 Å². The second kappa shape index (κ2) is 10.6. The van der Waals surface area contributed by atoms with Gasteiger partial charge in [-0.1, -0.05) is 36.4 Å². The second-order valence-corrected chi connectivity index (χ2v) is 6.82. The predicted molar refractivity (Wildman–Crippen MR) is 122 cm³/mol. The Bertz CT molecular complexity index is 1020. The molecule has 3 aromatic carbocycles. The standard InChI is InChI=1S/C24H24N4O3/c1-28(21-10-6-3-7-11-21)22(29)16-17-25-24(31)27-20-14-12-18(13-15-20)23(30)26-19-8-4-2-5-9-19/h2-15H,16-17H2,1H3,(H,26,30)(H2,25,27,31). The Labute approximate surface area is 181 Å². The molecule has 3 rings (SSSR count). The second-order valence-electron chi connectivity index (χ2n) is 6.82. The third kappa shape index (κ3) is 6.43. The zero-order valence-corrected chi connectivity index (χ0v) is 17.2. The van der Waals surface area contributed by atoms with Crippen molar-refractivity contribution in [3.05, 3.63) is 90.5 Å². The van der Waals surface area contributed by atoms with Crippen molar-refractivity contribution in [2.45, 2.75) is 6.42 Å². The van der Waals surface area contributed by atoms with Gasteiger partial charge in [-0.25, -0.2) is 4.79 Å². The normalized spacial score (nSPS) is 10.1. The Morgan fingerprint density at radius 1 is 0.742 bits per heavy atom. The highest BCUT2D eigenvalue weighted by Crippen LogP contribution is 2.13. The van der Waals surface area contributed by atoms with Crippen molar-refractivity contribution in [2.24, 2.45) is 0 Å². The molecule has 31 heavy (non-hydrogen) atoms. The molecule has 0 unspecified atom stereocenters. The van der Waals surface area contributed by atoms with E-state index >= 15 is 0 Å². The fraction of sp³-hybridized carbons (Fsp3) is 0.125. The molecule has 0 spiro atoms. The third-order valence-corrected chi connectivity index (χ3v) is 4.58. The Balaban J connectivity index is 1.43. The van der Waals surface area contributed by atoms with E-state index in [1.165, 1.54) is 0 Å². The number of hydrogen-bond donors (Lipinski definition) is 3. The van der Waals surface area contributed by atoms with Crippen LogP contribution in [0.4, 0.5) is 21.9 Å². The van der Waals surface area contributed by atoms with Gasteiger partial charge in [0.25, 0.3) is 5.91 Å². The van der Waals surface area contributed by atoms with Gasteiger partial charge in [-0.2, -0.15) is 0 Å². The number of benzene rings is 3. The van der Waals surface area contributed by atoms with Gasteiger partial charge >= 0.3 is 6.03 Å². The van der Waals surface area contributed by atoms with Crippen LogP contribution in [0.3, 0.4) is 0 Å². The van der Waals surface area contributed by atoms with Crippen LogP contribution in [0.15, 0.2) is 84.9 Å². The van der Waals surface area contributed by atoms with E-state index < -0.39 is 6.03 Å². The van der Waals surface area contributed by atoms with E-state index in [2.05, 4.69) is 16.0 Å². The van der Waals surface area contributed by atoms with E-state index in [4.69, 9.17) is 0 Å². The van der Waals surface area contributed by atoms with Crippen LogP contribution < -0.4 is 20.9 Å². The van der Waals surface area contributed by atoms with E-state index in [1.807, 2.05) is 48.5 Å². The Morgan fingerprint density at radius 3 is 1.97 bits per heavy atom. The predicted octanol–water partition coefficient (Wildman–Crippen LogP) is 4.11. The maximum absolute atomic E-state index is 12.3. The van der Waals surface area contributed by atoms with Crippen molar-refractivity contribution in [1.29, 1.82) is 0 Å². The largest absolute Gasteiger partial charge is 0.337 e. The van der Waals surface area contributed by atoms with Gasteiger partial charge in [-0.3, -0.25) is 9.59 Å². The maximum Gasteiger partial charge on any atom is 0.319 e. The van der Waals surface area contributed by atoms with Crippen LogP contribution in [0.25, 0.3) is 0 Å². The van der Waals surface area contributed by atoms with Crippen molar-refractivity contribution in [3.8, 4) is 0 Å². The van der Waals surface area contributed by atoms with Gasteiger partial charge in [-0.05, 0) is 48.5 Å². The minimum Gasteiger partial charge on any atom is -0.337 e. The smallest absolute Gasteiger partial charge is 0.319 e. The molecule has 4 amide bonds. The molecular formula is C24H24N4O3. The monoisotopic (exact) mass is 416 g/mol. The van der Waals surface area contributed by atoms with Crippen LogP contribution in [0.2, 0.25) is 0 Å². The highest BCUT2D eigenvalue weighted by atomic mass is 16.2. The first-order valence-corrected chi connectivity index (χ1v) is 9.86. The van der Waals surface area contributed by atoms with Crippen LogP contribution in [-0.4, -0.2) is 31.4 Å². The van der Waals surface area contributed by atoms with Crippen LogP contribution in [0.1, 0.15) is 16.8 Å². The number of carbonyl (C=O) groups is 3. The fourth-order valence-electron chi connectivity index (χ4n) is 2.85. The highest BCUT2D eigenvalue weighted by molar-refractivity contribution is 6.04. The summed E-state index contributed by atoms with van der Waals surface area (Å²) in [7, 11) is 1.70. The summed E-state index contributed by atoms with van der Waals surface area (Å²) in [5.74, 6) is -0.330. The molecule has 0 aliphatic carbocycles. The van der Waals surface area contributed by atoms with Crippen LogP contribution in [0, 0.1) is 0 Å². The lowest BCUT2D eigenvalue weighted by Crippen LogP contribution is -2.34. The number of carbonyl (C=O) groups excluding carboxylic acids is 3. The summed E-state index contributed by atoms with van der Waals surface area (Å²) in [6.07, 6.45) is 0.178. The van der Waals surface area contributed by atoms with Gasteiger partial charge in [0.05, 0.1) is 0 Å². The molecule has 0 saturated heterocycles. The number of urea groups is 1. The Morgan fingerprint density at radius 2 is 1.32 bits per heavy atom. The quantitative estimate of drug-likeness (QED) is 0.541. The molecule has 0 heterocycles. The first-order valence-electron chi connectivity index (χ1n) is 9.86. The van der Waals surface area contributed by atoms with Gasteiger partial charge in [-0.15, -0.1) is 0 Å². The molecule has 0 aliphatic rings. The van der Waals surface area contributed by atoms with Gasteiger partial charge in [0.1, 0.15) is 0 Å². The number of nitrogens with zero attached hydrogens (tertiary/aromatic N) is 1. The van der Waals surface area contributed by atoms with Crippen molar-refractivity contribution in [2.75, 3.05) is 29.1 Å². The van der Waals surface area contributed by atoms with Crippen LogP contribution in [-0.2, 0) is 4.79 Å². The minimum atomic E-state index is -0.420. The van der Waals surface area contributed by atoms with Gasteiger partial charge in [0.15, 0.2) is 0 Å². The zero-order valence-electron chi connectivity index (χ0n) is 17.2. The van der Waals surface area contributed by atoms with Gasteiger partial charge < -0.3 is 20.9 Å². The summed E-state index contributed by atoms with van der Waals surface area (Å²) in [6, 6.07) is 24.6. The van der Waals surface area contributed by atoms with E-state index in [1.54, 1.807) is 48.3 Å². The van der Waals surface area contributed by atoms with Crippen molar-refractivity contribution < 1.29 is 14.4 Å². The van der Waals surface area contributed by atoms with E-state index in [0.717, 1.165) is 5.69 Å². The fourth-order valence-corrected chi connectivity index (χ4v) is 2.85. The number of para-hydroxylation sites is 2. The summed E-state index contributed by atoms with van der Waals surface area (Å²) in [5, 5.41) is 8.15. The average molecular weight is 416 g/mol. The lowest BCUT2D eigenvalue weighted by molar-refractivity contribution is -0.118. The molecule has 0 saturated carbocycles. The third-order valence-electron chi connectivity index (χ3n) is 4.58. The molecule has 0 fully saturated rings. The van der Waals surface area contributed by atoms with Crippen molar-refractivity contribution >= 4 is 34.9 Å². The SMILES string of the molecule is CN(C(=O)CCNC(=O)Nc1ccc(C(=O)Nc2ccccc2)cc1)c1ccccc1. The molecule has 0 radical (unpaired) electrons. The van der Waals surface area contributed by atoms with Crippen molar-refractivity contribution in [3.63, 3.8) is 0 Å². The van der Waals surface area contributed by atoms with E-state index in [0.29, 0.717) is 16.9 Å². The molecule has 7 heteroatoms. The lowest BCUT2D eigenvalue weighted by atomic mass is 10.2. The lowest BCUT2D eigenvalue weighted by Gasteiger charge is -2.17. The van der Waals surface area contributed by atoms with E-state index in [9.17, 15) is 14.4 Å². The molecular weight excluding hydrogens is 392 g/mol. The first kappa shape index (κ1) is 21.6. The Hall–Kier alpha value is -4.13. The van der Waals surface area contributed by atoms with Gasteiger partial charge in [0, 0.05) is 42.6 Å². The zero-order chi connectivity index (χ0) is 22.1. The summed E-state index contributed by atoms with van der Waals surface area (Å²) in [5.41, 5.74) is 2.53. The number of anilines is 3. The minimum absolute atomic E-state index is 0.0970. The highest BCUT2D eigenvalue weighted by Gasteiger charge is 2.11. The number of hydrogen-bond acceptors (Lipinski definition) is 3. The molecule has 0 bridgehead atoms. The Kier molecular flexibility index (Phi) is 7.37. The molecule has 3 N–H and O–H groups in total. The molecule has 0 aliphatic heterocycles. The summed E-state index contributed by atoms with van der Waals surface area (Å²) < 4.78 is 0. The van der Waals surface area contributed by atoms with Crippen LogP contribution in [0.5, 0.6) is 0 Å². The first-order chi connectivity index (χ1) is 15.0. The number of nitrogens with one attached hydrogen (secondary N) is 3. The summed E-state index contributed by atoms with van der Waals surface area (Å²) in [4.78, 5) is 38.1. The molecule has 0 atom stereocenters. The van der Waals surface area contributed by atoms with Crippen molar-refractivity contribution in [1.82, 2.24) is 5.32 Å². The molecule has 3 aromatic rings. The van der Waals surface area contributed by atoms with Gasteiger partial charge in [0.2, 0.25) is 5.91 Å². The molecule has 0 aromatic heterocycles. The number of rotatable bonds is 7. The number of amides is 4. The average Bonchev–Trinajstić information content (AvgIpc) is 2.80. The summed E-state index contributed by atoms with van der Waals surface area (Å²) >= 11 is 0. The molecule has 7 nitrogen and oxygen atoms in total. The van der Waals surface area contributed by atoms with E-state index in [-0.39, 0.29) is 24.8 Å². The topological polar surface area (TPSA) is 90.5 Å². The molecule has 158 valence electrons. The summed E-state index contributed by atoms with van der Waals surface area (Å²) in [6.45, 7) is 0.208. The maximum atomic E-state index is 12.3.